The van der Waals surface area contributed by atoms with Gasteiger partial charge in [-0.3, -0.25) is 19.5 Å². The predicted octanol–water partition coefficient (Wildman–Crippen LogP) is 5.52. The Labute approximate surface area is 274 Å². The van der Waals surface area contributed by atoms with Crippen LogP contribution in [0.5, 0.6) is 23.0 Å². The highest BCUT2D eigenvalue weighted by molar-refractivity contribution is 6.03. The summed E-state index contributed by atoms with van der Waals surface area (Å²) in [5, 5.41) is 7.31. The zero-order chi connectivity index (χ0) is 33.6. The molecule has 3 heterocycles. The van der Waals surface area contributed by atoms with Crippen LogP contribution in [0.25, 0.3) is 16.6 Å². The van der Waals surface area contributed by atoms with Gasteiger partial charge in [-0.25, -0.2) is 8.78 Å². The van der Waals surface area contributed by atoms with E-state index in [1.807, 2.05) is 0 Å². The summed E-state index contributed by atoms with van der Waals surface area (Å²) in [7, 11) is 1.54. The molecular weight excluding hydrogens is 624 g/mol. The van der Waals surface area contributed by atoms with E-state index >= 15 is 4.39 Å². The summed E-state index contributed by atoms with van der Waals surface area (Å²) < 4.78 is 53.0. The van der Waals surface area contributed by atoms with Gasteiger partial charge in [-0.2, -0.15) is 9.78 Å². The summed E-state index contributed by atoms with van der Waals surface area (Å²) in [6.45, 7) is 6.26. The zero-order valence-corrected chi connectivity index (χ0v) is 26.4. The SMILES string of the molecule is COc1cc2c(Oc3ccc(-n4nc(C(=O)Nc5cccc(F)c5)c(C)cc4=O)cc3F)ccnc2cc1OCCCN1CCOCC1. The maximum absolute atomic E-state index is 15.5. The van der Waals surface area contributed by atoms with E-state index in [-0.39, 0.29) is 22.8 Å². The van der Waals surface area contributed by atoms with Crippen molar-refractivity contribution in [1.82, 2.24) is 19.7 Å². The lowest BCUT2D eigenvalue weighted by Crippen LogP contribution is -2.37. The summed E-state index contributed by atoms with van der Waals surface area (Å²) in [4.78, 5) is 32.5. The minimum atomic E-state index is -0.773. The number of methoxy groups -OCH3 is 1. The lowest BCUT2D eigenvalue weighted by molar-refractivity contribution is 0.0357. The van der Waals surface area contributed by atoms with Crippen LogP contribution in [0.2, 0.25) is 0 Å². The number of ether oxygens (including phenoxy) is 4. The van der Waals surface area contributed by atoms with Crippen molar-refractivity contribution in [2.75, 3.05) is 51.9 Å². The molecule has 1 aliphatic heterocycles. The molecule has 5 aromatic rings. The van der Waals surface area contributed by atoms with Crippen LogP contribution in [0.15, 0.2) is 77.7 Å². The van der Waals surface area contributed by atoms with Crippen molar-refractivity contribution >= 4 is 22.5 Å². The number of carbonyl (C=O) groups excluding carboxylic acids is 1. The maximum Gasteiger partial charge on any atom is 0.276 e. The lowest BCUT2D eigenvalue weighted by atomic mass is 10.1. The van der Waals surface area contributed by atoms with E-state index in [1.165, 1.54) is 43.5 Å². The Kier molecular flexibility index (Phi) is 9.88. The Balaban J connectivity index is 1.19. The molecular formula is C35H33F2N5O6. The maximum atomic E-state index is 15.5. The number of aromatic nitrogens is 3. The summed E-state index contributed by atoms with van der Waals surface area (Å²) >= 11 is 0. The molecule has 2 aromatic heterocycles. The quantitative estimate of drug-likeness (QED) is 0.183. The third-order valence-electron chi connectivity index (χ3n) is 7.77. The van der Waals surface area contributed by atoms with Crippen LogP contribution in [0.3, 0.4) is 0 Å². The van der Waals surface area contributed by atoms with Crippen molar-refractivity contribution in [3.63, 3.8) is 0 Å². The number of hydrogen-bond acceptors (Lipinski definition) is 9. The number of halogens is 2. The third kappa shape index (κ3) is 7.42. The van der Waals surface area contributed by atoms with Crippen molar-refractivity contribution in [3.05, 3.63) is 106 Å². The van der Waals surface area contributed by atoms with Crippen LogP contribution < -0.4 is 25.1 Å². The first-order valence-electron chi connectivity index (χ1n) is 15.3. The molecule has 1 N–H and O–H groups in total. The van der Waals surface area contributed by atoms with Crippen LogP contribution >= 0.6 is 0 Å². The van der Waals surface area contributed by atoms with E-state index in [0.717, 1.165) is 56.1 Å². The molecule has 0 bridgehead atoms. The number of nitrogens with zero attached hydrogens (tertiary/aromatic N) is 4. The van der Waals surface area contributed by atoms with E-state index in [0.29, 0.717) is 40.3 Å². The molecule has 13 heteroatoms. The number of hydrogen-bond donors (Lipinski definition) is 1. The highest BCUT2D eigenvalue weighted by atomic mass is 19.1. The zero-order valence-electron chi connectivity index (χ0n) is 26.4. The van der Waals surface area contributed by atoms with E-state index in [9.17, 15) is 14.0 Å². The average Bonchev–Trinajstić information content (AvgIpc) is 3.08. The molecule has 0 aliphatic carbocycles. The monoisotopic (exact) mass is 657 g/mol. The number of carbonyl (C=O) groups is 1. The molecule has 0 unspecified atom stereocenters. The van der Waals surface area contributed by atoms with Gasteiger partial charge < -0.3 is 24.3 Å². The normalized spacial score (nSPS) is 13.3. The Hall–Kier alpha value is -5.40. The summed E-state index contributed by atoms with van der Waals surface area (Å²) in [6.07, 6.45) is 2.38. The molecule has 11 nitrogen and oxygen atoms in total. The number of benzene rings is 3. The van der Waals surface area contributed by atoms with E-state index in [1.54, 1.807) is 31.3 Å². The lowest BCUT2D eigenvalue weighted by Gasteiger charge is -2.26. The van der Waals surface area contributed by atoms with Gasteiger partial charge in [-0.15, -0.1) is 0 Å². The van der Waals surface area contributed by atoms with Gasteiger partial charge in [-0.05, 0) is 61.4 Å². The summed E-state index contributed by atoms with van der Waals surface area (Å²) in [5.74, 6) is -0.734. The topological polar surface area (TPSA) is 117 Å². The Morgan fingerprint density at radius 3 is 2.58 bits per heavy atom. The average molecular weight is 658 g/mol. The van der Waals surface area contributed by atoms with Crippen molar-refractivity contribution in [2.45, 2.75) is 13.3 Å². The fraction of sp³-hybridized carbons (Fsp3) is 0.257. The van der Waals surface area contributed by atoms with E-state index < -0.39 is 23.1 Å². The van der Waals surface area contributed by atoms with Gasteiger partial charge in [0.15, 0.2) is 28.8 Å². The van der Waals surface area contributed by atoms with Crippen LogP contribution in [-0.2, 0) is 4.74 Å². The molecule has 1 saturated heterocycles. The number of morpholine rings is 1. The van der Waals surface area contributed by atoms with Gasteiger partial charge >= 0.3 is 0 Å². The van der Waals surface area contributed by atoms with Crippen molar-refractivity contribution < 1.29 is 32.5 Å². The number of aryl methyl sites for hydroxylation is 1. The Morgan fingerprint density at radius 1 is 0.979 bits per heavy atom. The van der Waals surface area contributed by atoms with Crippen LogP contribution in [0, 0.1) is 18.6 Å². The fourth-order valence-electron chi connectivity index (χ4n) is 5.32. The first-order chi connectivity index (χ1) is 23.3. The van der Waals surface area contributed by atoms with Crippen LogP contribution in [0.4, 0.5) is 14.5 Å². The molecule has 0 saturated carbocycles. The second-order valence-electron chi connectivity index (χ2n) is 11.1. The second-order valence-corrected chi connectivity index (χ2v) is 11.1. The first kappa shape index (κ1) is 32.5. The van der Waals surface area contributed by atoms with Crippen molar-refractivity contribution in [1.29, 1.82) is 0 Å². The van der Waals surface area contributed by atoms with Gasteiger partial charge in [0, 0.05) is 55.1 Å². The smallest absolute Gasteiger partial charge is 0.276 e. The van der Waals surface area contributed by atoms with E-state index in [2.05, 4.69) is 20.3 Å². The number of anilines is 1. The van der Waals surface area contributed by atoms with Gasteiger partial charge in [0.25, 0.3) is 11.5 Å². The molecule has 0 atom stereocenters. The summed E-state index contributed by atoms with van der Waals surface area (Å²) in [6, 6.07) is 15.6. The highest BCUT2D eigenvalue weighted by Gasteiger charge is 2.18. The first-order valence-corrected chi connectivity index (χ1v) is 15.3. The van der Waals surface area contributed by atoms with Crippen LogP contribution in [-0.4, -0.2) is 72.1 Å². The molecule has 1 amide bonds. The van der Waals surface area contributed by atoms with Gasteiger partial charge in [0.2, 0.25) is 0 Å². The third-order valence-corrected chi connectivity index (χ3v) is 7.77. The second kappa shape index (κ2) is 14.6. The molecule has 1 aliphatic rings. The number of pyridine rings is 1. The van der Waals surface area contributed by atoms with Crippen molar-refractivity contribution in [3.8, 4) is 28.7 Å². The molecule has 1 fully saturated rings. The Morgan fingerprint density at radius 2 is 1.81 bits per heavy atom. The van der Waals surface area contributed by atoms with Gasteiger partial charge in [-0.1, -0.05) is 6.07 Å². The fourth-order valence-corrected chi connectivity index (χ4v) is 5.32. The number of nitrogens with one attached hydrogen (secondary N) is 1. The van der Waals surface area contributed by atoms with Crippen molar-refractivity contribution in [2.24, 2.45) is 0 Å². The van der Waals surface area contributed by atoms with Crippen LogP contribution in [0.1, 0.15) is 22.5 Å². The van der Waals surface area contributed by atoms with Gasteiger partial charge in [0.1, 0.15) is 11.6 Å². The molecule has 6 rings (SSSR count). The number of rotatable bonds is 11. The number of fused-ring (bicyclic) bond motifs is 1. The summed E-state index contributed by atoms with van der Waals surface area (Å²) in [5.41, 5.74) is 0.490. The molecule has 48 heavy (non-hydrogen) atoms. The highest BCUT2D eigenvalue weighted by Crippen LogP contribution is 2.37. The van der Waals surface area contributed by atoms with Gasteiger partial charge in [0.05, 0.1) is 38.1 Å². The molecule has 3 aromatic carbocycles. The van der Waals surface area contributed by atoms with E-state index in [4.69, 9.17) is 18.9 Å². The molecule has 0 spiro atoms. The predicted molar refractivity (Wildman–Crippen MR) is 175 cm³/mol. The largest absolute Gasteiger partial charge is 0.493 e. The molecule has 248 valence electrons. The minimum absolute atomic E-state index is 0.0707. The number of amides is 1. The minimum Gasteiger partial charge on any atom is -0.493 e. The Bertz CT molecular complexity index is 2010. The molecule has 0 radical (unpaired) electrons. The standard InChI is InChI=1S/C35H33F2N5O6/c1-22-17-33(43)42(40-34(22)35(44)39-24-6-3-5-23(36)18-24)25-7-8-30(27(37)19-25)48-29-9-10-38-28-21-32(31(45-2)20-26(28)29)47-14-4-11-41-12-15-46-16-13-41/h3,5-10,17-21H,4,11-16H2,1-2H3,(H,39,44).